The van der Waals surface area contributed by atoms with Crippen molar-refractivity contribution in [2.24, 2.45) is 4.99 Å². The van der Waals surface area contributed by atoms with Crippen molar-refractivity contribution in [1.82, 2.24) is 15.5 Å². The fraction of sp³-hybridized carbons (Fsp3) is 0.632. The number of halogens is 1. The maximum atomic E-state index is 4.78. The summed E-state index contributed by atoms with van der Waals surface area (Å²) in [5, 5.41) is 6.97. The van der Waals surface area contributed by atoms with Gasteiger partial charge in [0.1, 0.15) is 0 Å². The molecule has 3 rings (SSSR count). The van der Waals surface area contributed by atoms with Crippen molar-refractivity contribution in [2.75, 3.05) is 26.2 Å². The Morgan fingerprint density at radius 3 is 2.71 bits per heavy atom. The van der Waals surface area contributed by atoms with Crippen LogP contribution in [0.5, 0.6) is 0 Å². The first-order valence-electron chi connectivity index (χ1n) is 9.19. The molecular formula is C19H31IN4. The van der Waals surface area contributed by atoms with Crippen LogP contribution in [0.2, 0.25) is 0 Å². The highest BCUT2D eigenvalue weighted by atomic mass is 127. The fourth-order valence-corrected chi connectivity index (χ4v) is 3.63. The molecule has 1 aliphatic heterocycles. The van der Waals surface area contributed by atoms with Gasteiger partial charge in [0, 0.05) is 32.2 Å². The summed E-state index contributed by atoms with van der Waals surface area (Å²) in [7, 11) is 0. The lowest BCUT2D eigenvalue weighted by atomic mass is 10.0. The Kier molecular flexibility index (Phi) is 8.32. The van der Waals surface area contributed by atoms with Gasteiger partial charge in [-0.15, -0.1) is 24.0 Å². The average molecular weight is 442 g/mol. The molecule has 134 valence electrons. The van der Waals surface area contributed by atoms with E-state index in [1.165, 1.54) is 43.2 Å². The van der Waals surface area contributed by atoms with Gasteiger partial charge in [-0.3, -0.25) is 9.89 Å². The molecule has 0 bridgehead atoms. The number of fused-ring (bicyclic) bond motifs is 1. The third-order valence-electron chi connectivity index (χ3n) is 4.94. The number of benzene rings is 1. The van der Waals surface area contributed by atoms with Crippen molar-refractivity contribution in [3.05, 3.63) is 35.4 Å². The molecule has 1 fully saturated rings. The van der Waals surface area contributed by atoms with Crippen LogP contribution in [0.25, 0.3) is 0 Å². The van der Waals surface area contributed by atoms with Crippen LogP contribution in [0.1, 0.15) is 43.7 Å². The van der Waals surface area contributed by atoms with Gasteiger partial charge in [0.25, 0.3) is 0 Å². The largest absolute Gasteiger partial charge is 0.357 e. The summed E-state index contributed by atoms with van der Waals surface area (Å²) in [4.78, 5) is 7.30. The van der Waals surface area contributed by atoms with Gasteiger partial charge in [0.2, 0.25) is 0 Å². The van der Waals surface area contributed by atoms with E-state index in [-0.39, 0.29) is 24.0 Å². The van der Waals surface area contributed by atoms with Crippen molar-refractivity contribution < 1.29 is 0 Å². The summed E-state index contributed by atoms with van der Waals surface area (Å²) in [5.41, 5.74) is 3.00. The zero-order chi connectivity index (χ0) is 15.9. The second-order valence-electron chi connectivity index (χ2n) is 6.68. The standard InChI is InChI=1S/C19H30N4.HI/c1-2-20-19(22-18-9-5-6-10-18)21-12-14-23-13-11-16-7-3-4-8-17(16)15-23;/h3-4,7-8,18H,2,5-6,9-15H2,1H3,(H2,20,21,22);1H. The molecule has 0 radical (unpaired) electrons. The lowest BCUT2D eigenvalue weighted by molar-refractivity contribution is 0.261. The second-order valence-corrected chi connectivity index (χ2v) is 6.68. The zero-order valence-corrected chi connectivity index (χ0v) is 17.1. The Morgan fingerprint density at radius 1 is 1.21 bits per heavy atom. The van der Waals surface area contributed by atoms with E-state index in [0.29, 0.717) is 6.04 Å². The van der Waals surface area contributed by atoms with Gasteiger partial charge < -0.3 is 10.6 Å². The van der Waals surface area contributed by atoms with Crippen molar-refractivity contribution in [1.29, 1.82) is 0 Å². The van der Waals surface area contributed by atoms with E-state index in [0.717, 1.165) is 38.7 Å². The molecule has 1 aliphatic carbocycles. The van der Waals surface area contributed by atoms with Crippen LogP contribution in [-0.2, 0) is 13.0 Å². The number of hydrogen-bond donors (Lipinski definition) is 2. The van der Waals surface area contributed by atoms with Gasteiger partial charge in [-0.25, -0.2) is 0 Å². The van der Waals surface area contributed by atoms with Gasteiger partial charge in [-0.1, -0.05) is 37.1 Å². The van der Waals surface area contributed by atoms with Gasteiger partial charge in [-0.05, 0) is 37.3 Å². The lowest BCUT2D eigenvalue weighted by Gasteiger charge is -2.28. The van der Waals surface area contributed by atoms with Gasteiger partial charge >= 0.3 is 0 Å². The van der Waals surface area contributed by atoms with Crippen LogP contribution in [0.4, 0.5) is 0 Å². The van der Waals surface area contributed by atoms with Crippen LogP contribution >= 0.6 is 24.0 Å². The minimum Gasteiger partial charge on any atom is -0.357 e. The Labute approximate surface area is 163 Å². The van der Waals surface area contributed by atoms with E-state index in [2.05, 4.69) is 46.7 Å². The molecule has 1 saturated carbocycles. The topological polar surface area (TPSA) is 39.7 Å². The quantitative estimate of drug-likeness (QED) is 0.418. The summed E-state index contributed by atoms with van der Waals surface area (Å²) < 4.78 is 0. The SMILES string of the molecule is CCNC(=NCCN1CCc2ccccc2C1)NC1CCCC1.I. The molecule has 24 heavy (non-hydrogen) atoms. The number of nitrogens with one attached hydrogen (secondary N) is 2. The third kappa shape index (κ3) is 5.62. The average Bonchev–Trinajstić information content (AvgIpc) is 3.08. The molecule has 4 nitrogen and oxygen atoms in total. The summed E-state index contributed by atoms with van der Waals surface area (Å²) in [5.74, 6) is 0.997. The van der Waals surface area contributed by atoms with Crippen LogP contribution in [0, 0.1) is 0 Å². The zero-order valence-electron chi connectivity index (χ0n) is 14.8. The van der Waals surface area contributed by atoms with E-state index in [4.69, 9.17) is 4.99 Å². The maximum absolute atomic E-state index is 4.78. The maximum Gasteiger partial charge on any atom is 0.191 e. The highest BCUT2D eigenvalue weighted by Gasteiger charge is 2.17. The monoisotopic (exact) mass is 442 g/mol. The summed E-state index contributed by atoms with van der Waals surface area (Å²) in [6.07, 6.45) is 6.44. The second kappa shape index (κ2) is 10.2. The minimum absolute atomic E-state index is 0. The van der Waals surface area contributed by atoms with Gasteiger partial charge in [0.15, 0.2) is 5.96 Å². The van der Waals surface area contributed by atoms with Crippen LogP contribution < -0.4 is 10.6 Å². The molecule has 1 aromatic rings. The lowest BCUT2D eigenvalue weighted by Crippen LogP contribution is -2.43. The molecule has 2 aliphatic rings. The van der Waals surface area contributed by atoms with Crippen molar-refractivity contribution in [3.63, 3.8) is 0 Å². The molecule has 1 aromatic carbocycles. The van der Waals surface area contributed by atoms with Crippen molar-refractivity contribution in [2.45, 2.75) is 51.6 Å². The first-order valence-corrected chi connectivity index (χ1v) is 9.19. The molecule has 0 amide bonds. The molecule has 0 saturated heterocycles. The number of guanidine groups is 1. The molecule has 2 N–H and O–H groups in total. The Bertz CT molecular complexity index is 526. The molecule has 0 atom stereocenters. The molecule has 5 heteroatoms. The number of rotatable bonds is 5. The Hall–Kier alpha value is -0.820. The molecular weight excluding hydrogens is 411 g/mol. The van der Waals surface area contributed by atoms with E-state index in [1.54, 1.807) is 0 Å². The predicted octanol–water partition coefficient (Wildman–Crippen LogP) is 3.16. The number of hydrogen-bond acceptors (Lipinski definition) is 2. The fourth-order valence-electron chi connectivity index (χ4n) is 3.63. The molecule has 1 heterocycles. The van der Waals surface area contributed by atoms with Crippen LogP contribution in [-0.4, -0.2) is 43.1 Å². The van der Waals surface area contributed by atoms with Crippen molar-refractivity contribution >= 4 is 29.9 Å². The molecule has 0 spiro atoms. The minimum atomic E-state index is 0. The number of aliphatic imine (C=N–C) groups is 1. The Morgan fingerprint density at radius 2 is 1.96 bits per heavy atom. The van der Waals surface area contributed by atoms with Crippen LogP contribution in [0.3, 0.4) is 0 Å². The smallest absolute Gasteiger partial charge is 0.191 e. The Balaban J connectivity index is 0.00000208. The summed E-state index contributed by atoms with van der Waals surface area (Å²) in [6.45, 7) is 7.18. The highest BCUT2D eigenvalue weighted by molar-refractivity contribution is 14.0. The molecule has 0 unspecified atom stereocenters. The summed E-state index contributed by atoms with van der Waals surface area (Å²) in [6, 6.07) is 9.44. The van der Waals surface area contributed by atoms with E-state index < -0.39 is 0 Å². The first-order chi connectivity index (χ1) is 11.3. The van der Waals surface area contributed by atoms with E-state index in [1.807, 2.05) is 0 Å². The van der Waals surface area contributed by atoms with Crippen molar-refractivity contribution in [3.8, 4) is 0 Å². The van der Waals surface area contributed by atoms with Gasteiger partial charge in [0.05, 0.1) is 6.54 Å². The summed E-state index contributed by atoms with van der Waals surface area (Å²) >= 11 is 0. The molecule has 0 aromatic heterocycles. The normalized spacial score (nSPS) is 18.8. The van der Waals surface area contributed by atoms with E-state index in [9.17, 15) is 0 Å². The van der Waals surface area contributed by atoms with E-state index >= 15 is 0 Å². The van der Waals surface area contributed by atoms with Gasteiger partial charge in [-0.2, -0.15) is 0 Å². The first kappa shape index (κ1) is 19.5. The number of nitrogens with zero attached hydrogens (tertiary/aromatic N) is 2. The third-order valence-corrected chi connectivity index (χ3v) is 4.94. The predicted molar refractivity (Wildman–Crippen MR) is 112 cm³/mol. The highest BCUT2D eigenvalue weighted by Crippen LogP contribution is 2.18. The van der Waals surface area contributed by atoms with Crippen LogP contribution in [0.15, 0.2) is 29.3 Å².